The second-order valence-electron chi connectivity index (χ2n) is 4.41. The Bertz CT molecular complexity index is 431. The fraction of sp³-hybridized carbons (Fsp3) is 0.500. The maximum atomic E-state index is 11.1. The van der Waals surface area contributed by atoms with Crippen LogP contribution in [-0.4, -0.2) is 29.9 Å². The van der Waals surface area contributed by atoms with Crippen LogP contribution in [0.2, 0.25) is 0 Å². The minimum Gasteiger partial charge on any atom is -0.493 e. The van der Waals surface area contributed by atoms with Crippen LogP contribution in [0.5, 0.6) is 5.75 Å². The Kier molecular flexibility index (Phi) is 6.57. The first-order chi connectivity index (χ1) is 8.93. The Morgan fingerprint density at radius 2 is 2.11 bits per heavy atom. The van der Waals surface area contributed by atoms with Gasteiger partial charge in [-0.15, -0.1) is 0 Å². The molecule has 0 amide bonds. The van der Waals surface area contributed by atoms with Gasteiger partial charge in [0.25, 0.3) is 0 Å². The first-order valence-electron chi connectivity index (χ1n) is 6.23. The second kappa shape index (κ2) is 7.69. The molecule has 0 saturated carbocycles. The molecule has 1 aromatic carbocycles. The van der Waals surface area contributed by atoms with Gasteiger partial charge >= 0.3 is 5.97 Å². The van der Waals surface area contributed by atoms with Crippen LogP contribution in [0.1, 0.15) is 26.3 Å². The molecule has 0 aliphatic carbocycles. The summed E-state index contributed by atoms with van der Waals surface area (Å²) in [6.45, 7) is 6.21. The Hall–Kier alpha value is -0.820. The van der Waals surface area contributed by atoms with E-state index in [1.807, 2.05) is 39.0 Å². The van der Waals surface area contributed by atoms with Gasteiger partial charge in [0.15, 0.2) is 6.10 Å². The van der Waals surface area contributed by atoms with Gasteiger partial charge in [0.2, 0.25) is 0 Å². The summed E-state index contributed by atoms with van der Waals surface area (Å²) in [5, 5.41) is 9.14. The van der Waals surface area contributed by atoms with Crippen LogP contribution < -0.4 is 4.74 Å². The van der Waals surface area contributed by atoms with E-state index in [0.29, 0.717) is 13.0 Å². The number of carboxylic acids is 1. The van der Waals surface area contributed by atoms with E-state index in [4.69, 9.17) is 14.6 Å². The summed E-state index contributed by atoms with van der Waals surface area (Å²) in [5.74, 6) is -0.110. The third-order valence-electron chi connectivity index (χ3n) is 2.43. The van der Waals surface area contributed by atoms with E-state index in [-0.39, 0.29) is 6.10 Å². The normalized spacial score (nSPS) is 12.5. The summed E-state index contributed by atoms with van der Waals surface area (Å²) < 4.78 is 11.8. The molecule has 4 nitrogen and oxygen atoms in total. The Balaban J connectivity index is 2.79. The van der Waals surface area contributed by atoms with Crippen molar-refractivity contribution in [3.63, 3.8) is 0 Å². The first kappa shape index (κ1) is 16.2. The SMILES string of the molecule is CCOc1ccc(C[C@H](OC(C)C)C(=O)O)cc1I. The van der Waals surface area contributed by atoms with Crippen molar-refractivity contribution in [3.05, 3.63) is 27.3 Å². The van der Waals surface area contributed by atoms with E-state index in [9.17, 15) is 4.79 Å². The van der Waals surface area contributed by atoms with Crippen LogP contribution in [0.25, 0.3) is 0 Å². The van der Waals surface area contributed by atoms with Crippen LogP contribution in [0.15, 0.2) is 18.2 Å². The molecule has 1 N–H and O–H groups in total. The van der Waals surface area contributed by atoms with Crippen LogP contribution >= 0.6 is 22.6 Å². The maximum Gasteiger partial charge on any atom is 0.333 e. The minimum absolute atomic E-state index is 0.108. The summed E-state index contributed by atoms with van der Waals surface area (Å²) in [5.41, 5.74) is 0.931. The van der Waals surface area contributed by atoms with Crippen molar-refractivity contribution in [2.24, 2.45) is 0 Å². The van der Waals surface area contributed by atoms with Gasteiger partial charge in [0.05, 0.1) is 16.3 Å². The largest absolute Gasteiger partial charge is 0.493 e. The average Bonchev–Trinajstić information content (AvgIpc) is 2.31. The molecular formula is C14H19IO4. The second-order valence-corrected chi connectivity index (χ2v) is 5.58. The van der Waals surface area contributed by atoms with Crippen LogP contribution in [0.4, 0.5) is 0 Å². The van der Waals surface area contributed by atoms with Crippen molar-refractivity contribution in [2.75, 3.05) is 6.61 Å². The van der Waals surface area contributed by atoms with E-state index >= 15 is 0 Å². The van der Waals surface area contributed by atoms with E-state index in [1.165, 1.54) is 0 Å². The molecule has 1 aromatic rings. The summed E-state index contributed by atoms with van der Waals surface area (Å²) >= 11 is 2.19. The van der Waals surface area contributed by atoms with E-state index in [2.05, 4.69) is 22.6 Å². The molecule has 0 aliphatic rings. The Morgan fingerprint density at radius 1 is 1.42 bits per heavy atom. The van der Waals surface area contributed by atoms with E-state index in [1.54, 1.807) is 0 Å². The molecule has 0 aliphatic heterocycles. The van der Waals surface area contributed by atoms with Crippen LogP contribution in [0.3, 0.4) is 0 Å². The standard InChI is InChI=1S/C14H19IO4/c1-4-18-12-6-5-10(7-11(12)15)8-13(14(16)17)19-9(2)3/h5-7,9,13H,4,8H2,1-3H3,(H,16,17)/t13-/m0/s1. The fourth-order valence-electron chi connectivity index (χ4n) is 1.68. The highest BCUT2D eigenvalue weighted by molar-refractivity contribution is 14.1. The van der Waals surface area contributed by atoms with Gasteiger partial charge in [-0.2, -0.15) is 0 Å². The average molecular weight is 378 g/mol. The molecule has 1 atom stereocenters. The maximum absolute atomic E-state index is 11.1. The number of aliphatic carboxylic acids is 1. The van der Waals surface area contributed by atoms with Crippen molar-refractivity contribution in [1.82, 2.24) is 0 Å². The van der Waals surface area contributed by atoms with E-state index in [0.717, 1.165) is 14.9 Å². The van der Waals surface area contributed by atoms with Crippen molar-refractivity contribution >= 4 is 28.6 Å². The van der Waals surface area contributed by atoms with Crippen LogP contribution in [-0.2, 0) is 16.0 Å². The number of benzene rings is 1. The van der Waals surface area contributed by atoms with Gasteiger partial charge in [0.1, 0.15) is 5.75 Å². The number of carboxylic acid groups (broad SMARTS) is 1. The molecule has 0 bridgehead atoms. The molecule has 19 heavy (non-hydrogen) atoms. The zero-order valence-corrected chi connectivity index (χ0v) is 13.5. The summed E-state index contributed by atoms with van der Waals surface area (Å²) in [4.78, 5) is 11.1. The fourth-order valence-corrected chi connectivity index (χ4v) is 2.42. The highest BCUT2D eigenvalue weighted by Gasteiger charge is 2.20. The molecule has 0 unspecified atom stereocenters. The number of halogens is 1. The highest BCUT2D eigenvalue weighted by Crippen LogP contribution is 2.23. The first-order valence-corrected chi connectivity index (χ1v) is 7.31. The predicted molar refractivity (Wildman–Crippen MR) is 81.7 cm³/mol. The summed E-state index contributed by atoms with van der Waals surface area (Å²) in [6, 6.07) is 5.69. The lowest BCUT2D eigenvalue weighted by Gasteiger charge is -2.17. The number of ether oxygens (including phenoxy) is 2. The quantitative estimate of drug-likeness (QED) is 0.741. The smallest absolute Gasteiger partial charge is 0.333 e. The van der Waals surface area contributed by atoms with E-state index < -0.39 is 12.1 Å². The molecule has 5 heteroatoms. The zero-order chi connectivity index (χ0) is 14.4. The highest BCUT2D eigenvalue weighted by atomic mass is 127. The third-order valence-corrected chi connectivity index (χ3v) is 3.27. The molecule has 0 saturated heterocycles. The van der Waals surface area contributed by atoms with Gasteiger partial charge in [-0.3, -0.25) is 0 Å². The number of carbonyl (C=O) groups is 1. The molecule has 0 spiro atoms. The van der Waals surface area contributed by atoms with Gasteiger partial charge in [-0.1, -0.05) is 6.07 Å². The van der Waals surface area contributed by atoms with Crippen molar-refractivity contribution in [2.45, 2.75) is 39.4 Å². The Morgan fingerprint density at radius 3 is 2.58 bits per heavy atom. The topological polar surface area (TPSA) is 55.8 Å². The van der Waals surface area contributed by atoms with Crippen molar-refractivity contribution in [3.8, 4) is 5.75 Å². The van der Waals surface area contributed by atoms with Gasteiger partial charge < -0.3 is 14.6 Å². The summed E-state index contributed by atoms with van der Waals surface area (Å²) in [6.07, 6.45) is -0.563. The van der Waals surface area contributed by atoms with Crippen LogP contribution in [0, 0.1) is 3.57 Å². The van der Waals surface area contributed by atoms with Crippen molar-refractivity contribution < 1.29 is 19.4 Å². The molecule has 0 heterocycles. The lowest BCUT2D eigenvalue weighted by molar-refractivity contribution is -0.153. The lowest BCUT2D eigenvalue weighted by Crippen LogP contribution is -2.29. The van der Waals surface area contributed by atoms with Crippen molar-refractivity contribution in [1.29, 1.82) is 0 Å². The molecule has 1 rings (SSSR count). The number of hydrogen-bond donors (Lipinski definition) is 1. The molecule has 0 aromatic heterocycles. The molecular weight excluding hydrogens is 359 g/mol. The zero-order valence-electron chi connectivity index (χ0n) is 11.4. The molecule has 0 radical (unpaired) electrons. The minimum atomic E-state index is -0.933. The number of hydrogen-bond acceptors (Lipinski definition) is 3. The number of rotatable bonds is 7. The van der Waals surface area contributed by atoms with Gasteiger partial charge in [-0.05, 0) is 61.1 Å². The third kappa shape index (κ3) is 5.36. The molecule has 106 valence electrons. The van der Waals surface area contributed by atoms with Gasteiger partial charge in [-0.25, -0.2) is 4.79 Å². The predicted octanol–water partition coefficient (Wildman–Crippen LogP) is 3.11. The summed E-state index contributed by atoms with van der Waals surface area (Å²) in [7, 11) is 0. The monoisotopic (exact) mass is 378 g/mol. The Labute approximate surface area is 127 Å². The lowest BCUT2D eigenvalue weighted by atomic mass is 10.1. The molecule has 0 fully saturated rings. The van der Waals surface area contributed by atoms with Gasteiger partial charge in [0, 0.05) is 6.42 Å².